The molecule has 3 aromatic rings. The summed E-state index contributed by atoms with van der Waals surface area (Å²) in [6, 6.07) is 21.1. The third-order valence-electron chi connectivity index (χ3n) is 3.61. The van der Waals surface area contributed by atoms with Crippen LogP contribution in [0.25, 0.3) is 0 Å². The van der Waals surface area contributed by atoms with Gasteiger partial charge in [-0.05, 0) is 77.2 Å². The third-order valence-corrected chi connectivity index (χ3v) is 4.61. The maximum atomic E-state index is 12.4. The van der Waals surface area contributed by atoms with Crippen molar-refractivity contribution in [3.63, 3.8) is 0 Å². The molecule has 0 aliphatic heterocycles. The lowest BCUT2D eigenvalue weighted by Gasteiger charge is -2.09. The number of anilines is 2. The number of rotatable bonds is 4. The van der Waals surface area contributed by atoms with Gasteiger partial charge in [-0.15, -0.1) is 0 Å². The van der Waals surface area contributed by atoms with E-state index in [2.05, 4.69) is 33.2 Å². The molecular weight excluding hydrogens is 463 g/mol. The van der Waals surface area contributed by atoms with Crippen molar-refractivity contribution in [3.8, 4) is 0 Å². The molecule has 2 amide bonds. The average Bonchev–Trinajstić information content (AvgIpc) is 2.66. The van der Waals surface area contributed by atoms with Gasteiger partial charge < -0.3 is 10.6 Å². The van der Waals surface area contributed by atoms with E-state index < -0.39 is 0 Å². The van der Waals surface area contributed by atoms with E-state index in [1.165, 1.54) is 0 Å². The first-order chi connectivity index (χ1) is 12.5. The summed E-state index contributed by atoms with van der Waals surface area (Å²) in [5.74, 6) is -0.470. The Balaban J connectivity index is 1.67. The number of halogens is 2. The van der Waals surface area contributed by atoms with Crippen molar-refractivity contribution in [3.05, 3.63) is 92.5 Å². The Labute approximate surface area is 169 Å². The van der Waals surface area contributed by atoms with Crippen LogP contribution in [0.15, 0.2) is 72.8 Å². The van der Waals surface area contributed by atoms with Crippen molar-refractivity contribution in [1.82, 2.24) is 0 Å². The van der Waals surface area contributed by atoms with Crippen LogP contribution in [0.2, 0.25) is 5.02 Å². The molecule has 130 valence electrons. The van der Waals surface area contributed by atoms with Crippen LogP contribution >= 0.6 is 34.2 Å². The molecule has 0 aliphatic rings. The van der Waals surface area contributed by atoms with Crippen LogP contribution in [0.4, 0.5) is 11.4 Å². The quantitative estimate of drug-likeness (QED) is 0.492. The van der Waals surface area contributed by atoms with Crippen molar-refractivity contribution in [2.75, 3.05) is 10.6 Å². The average molecular weight is 477 g/mol. The molecule has 3 rings (SSSR count). The smallest absolute Gasteiger partial charge is 0.257 e. The van der Waals surface area contributed by atoms with Gasteiger partial charge in [0.05, 0.1) is 10.6 Å². The molecule has 0 heterocycles. The van der Waals surface area contributed by atoms with Crippen LogP contribution in [-0.4, -0.2) is 11.8 Å². The van der Waals surface area contributed by atoms with Crippen LogP contribution in [0.1, 0.15) is 20.7 Å². The number of carbonyl (C=O) groups is 2. The van der Waals surface area contributed by atoms with E-state index >= 15 is 0 Å². The predicted molar refractivity (Wildman–Crippen MR) is 113 cm³/mol. The summed E-state index contributed by atoms with van der Waals surface area (Å²) in [4.78, 5) is 24.5. The number of nitrogens with one attached hydrogen (secondary N) is 2. The molecule has 4 nitrogen and oxygen atoms in total. The lowest BCUT2D eigenvalue weighted by Crippen LogP contribution is -2.13. The molecule has 6 heteroatoms. The van der Waals surface area contributed by atoms with Gasteiger partial charge in [0, 0.05) is 20.5 Å². The van der Waals surface area contributed by atoms with Crippen molar-refractivity contribution in [2.24, 2.45) is 0 Å². The summed E-state index contributed by atoms with van der Waals surface area (Å²) in [6.07, 6.45) is 0. The van der Waals surface area contributed by atoms with Crippen molar-refractivity contribution < 1.29 is 9.59 Å². The van der Waals surface area contributed by atoms with Gasteiger partial charge in [0.1, 0.15) is 0 Å². The summed E-state index contributed by atoms with van der Waals surface area (Å²) in [7, 11) is 0. The maximum Gasteiger partial charge on any atom is 0.257 e. The minimum atomic E-state index is -0.283. The van der Waals surface area contributed by atoms with E-state index in [0.717, 1.165) is 3.57 Å². The van der Waals surface area contributed by atoms with Crippen molar-refractivity contribution in [2.45, 2.75) is 0 Å². The SMILES string of the molecule is O=C(Nc1ccc(NC(=O)c2cc(I)ccc2Cl)cc1)c1ccccc1. The highest BCUT2D eigenvalue weighted by Gasteiger charge is 2.11. The summed E-state index contributed by atoms with van der Waals surface area (Å²) in [6.45, 7) is 0. The first kappa shape index (κ1) is 18.4. The number of amides is 2. The molecule has 0 bridgehead atoms. The molecule has 2 N–H and O–H groups in total. The van der Waals surface area contributed by atoms with E-state index in [-0.39, 0.29) is 11.8 Å². The van der Waals surface area contributed by atoms with E-state index in [1.807, 2.05) is 24.3 Å². The van der Waals surface area contributed by atoms with Crippen LogP contribution in [0.5, 0.6) is 0 Å². The summed E-state index contributed by atoms with van der Waals surface area (Å²) < 4.78 is 0.927. The fourth-order valence-electron chi connectivity index (χ4n) is 2.30. The van der Waals surface area contributed by atoms with Crippen molar-refractivity contribution >= 4 is 57.4 Å². The summed E-state index contributed by atoms with van der Waals surface area (Å²) >= 11 is 8.21. The van der Waals surface area contributed by atoms with Crippen LogP contribution in [0, 0.1) is 3.57 Å². The number of benzene rings is 3. The van der Waals surface area contributed by atoms with Crippen molar-refractivity contribution in [1.29, 1.82) is 0 Å². The number of carbonyl (C=O) groups excluding carboxylic acids is 2. The number of hydrogen-bond acceptors (Lipinski definition) is 2. The zero-order chi connectivity index (χ0) is 18.5. The lowest BCUT2D eigenvalue weighted by atomic mass is 10.2. The molecule has 0 atom stereocenters. The van der Waals surface area contributed by atoms with Gasteiger partial charge in [0.25, 0.3) is 11.8 Å². The highest BCUT2D eigenvalue weighted by molar-refractivity contribution is 14.1. The van der Waals surface area contributed by atoms with Gasteiger partial charge in [0.2, 0.25) is 0 Å². The Kier molecular flexibility index (Phi) is 5.90. The Morgan fingerprint density at radius 1 is 0.769 bits per heavy atom. The minimum absolute atomic E-state index is 0.187. The van der Waals surface area contributed by atoms with Gasteiger partial charge in [-0.1, -0.05) is 29.8 Å². The number of hydrogen-bond donors (Lipinski definition) is 2. The monoisotopic (exact) mass is 476 g/mol. The van der Waals surface area contributed by atoms with Gasteiger partial charge in [-0.2, -0.15) is 0 Å². The predicted octanol–water partition coefficient (Wildman–Crippen LogP) is 5.45. The summed E-state index contributed by atoms with van der Waals surface area (Å²) in [5.41, 5.74) is 2.25. The second kappa shape index (κ2) is 8.33. The van der Waals surface area contributed by atoms with E-state index in [1.54, 1.807) is 48.5 Å². The highest BCUT2D eigenvalue weighted by atomic mass is 127. The Hall–Kier alpha value is -2.38. The molecule has 0 fully saturated rings. The molecule has 0 saturated carbocycles. The second-order valence-electron chi connectivity index (χ2n) is 5.48. The van der Waals surface area contributed by atoms with E-state index in [9.17, 15) is 9.59 Å². The Bertz CT molecular complexity index is 944. The summed E-state index contributed by atoms with van der Waals surface area (Å²) in [5, 5.41) is 6.01. The standard InChI is InChI=1S/C20H14ClIN2O2/c21-18-11-6-14(22)12-17(18)20(26)24-16-9-7-15(8-10-16)23-19(25)13-4-2-1-3-5-13/h1-12H,(H,23,25)(H,24,26). The maximum absolute atomic E-state index is 12.4. The minimum Gasteiger partial charge on any atom is -0.322 e. The van der Waals surface area contributed by atoms with Gasteiger partial charge >= 0.3 is 0 Å². The second-order valence-corrected chi connectivity index (χ2v) is 7.13. The molecule has 0 aliphatic carbocycles. The molecule has 0 saturated heterocycles. The normalized spacial score (nSPS) is 10.2. The molecule has 26 heavy (non-hydrogen) atoms. The zero-order valence-electron chi connectivity index (χ0n) is 13.5. The molecular formula is C20H14ClIN2O2. The largest absolute Gasteiger partial charge is 0.322 e. The first-order valence-corrected chi connectivity index (χ1v) is 9.21. The highest BCUT2D eigenvalue weighted by Crippen LogP contribution is 2.21. The van der Waals surface area contributed by atoms with Gasteiger partial charge in [-0.3, -0.25) is 9.59 Å². The first-order valence-electron chi connectivity index (χ1n) is 7.76. The fourth-order valence-corrected chi connectivity index (χ4v) is 2.99. The third kappa shape index (κ3) is 4.62. The fraction of sp³-hybridized carbons (Fsp3) is 0. The molecule has 0 radical (unpaired) electrons. The Morgan fingerprint density at radius 2 is 1.35 bits per heavy atom. The van der Waals surface area contributed by atoms with Gasteiger partial charge in [0.15, 0.2) is 0 Å². The molecule has 0 unspecified atom stereocenters. The van der Waals surface area contributed by atoms with E-state index in [0.29, 0.717) is 27.5 Å². The van der Waals surface area contributed by atoms with E-state index in [4.69, 9.17) is 11.6 Å². The lowest BCUT2D eigenvalue weighted by molar-refractivity contribution is 0.101. The van der Waals surface area contributed by atoms with Crippen LogP contribution in [-0.2, 0) is 0 Å². The van der Waals surface area contributed by atoms with Crippen LogP contribution in [0.3, 0.4) is 0 Å². The molecule has 3 aromatic carbocycles. The van der Waals surface area contributed by atoms with Gasteiger partial charge in [-0.25, -0.2) is 0 Å². The van der Waals surface area contributed by atoms with Crippen LogP contribution < -0.4 is 10.6 Å². The topological polar surface area (TPSA) is 58.2 Å². The Morgan fingerprint density at radius 3 is 1.96 bits per heavy atom. The zero-order valence-corrected chi connectivity index (χ0v) is 16.4. The molecule has 0 aromatic heterocycles. The molecule has 0 spiro atoms.